The smallest absolute Gasteiger partial charge is 0.223 e. The molecule has 0 unspecified atom stereocenters. The van der Waals surface area contributed by atoms with Crippen molar-refractivity contribution >= 4 is 17.2 Å². The molecule has 2 nitrogen and oxygen atoms in total. The summed E-state index contributed by atoms with van der Waals surface area (Å²) in [5, 5.41) is 2.13. The molecule has 25 heavy (non-hydrogen) atoms. The van der Waals surface area contributed by atoms with E-state index in [1.54, 1.807) is 0 Å². The average molecular weight is 347 g/mol. The fourth-order valence-corrected chi connectivity index (χ4v) is 4.45. The molecule has 0 fully saturated rings. The molecule has 3 heteroatoms. The number of carbonyl (C=O) groups is 1. The molecule has 0 atom stereocenters. The van der Waals surface area contributed by atoms with Gasteiger partial charge in [-0.15, -0.1) is 11.3 Å². The summed E-state index contributed by atoms with van der Waals surface area (Å²) < 4.78 is 0. The maximum Gasteiger partial charge on any atom is 0.223 e. The molecule has 0 spiro atoms. The monoisotopic (exact) mass is 347 g/mol. The van der Waals surface area contributed by atoms with E-state index >= 15 is 0 Å². The van der Waals surface area contributed by atoms with Crippen LogP contribution in [0.3, 0.4) is 0 Å². The molecule has 0 aliphatic carbocycles. The van der Waals surface area contributed by atoms with Gasteiger partial charge in [-0.1, -0.05) is 60.7 Å². The van der Waals surface area contributed by atoms with Crippen LogP contribution in [0.15, 0.2) is 72.1 Å². The lowest BCUT2D eigenvalue weighted by Gasteiger charge is -2.29. The van der Waals surface area contributed by atoms with E-state index in [9.17, 15) is 4.79 Å². The van der Waals surface area contributed by atoms with Gasteiger partial charge in [0.1, 0.15) is 0 Å². The van der Waals surface area contributed by atoms with E-state index in [0.717, 1.165) is 19.5 Å². The third-order valence-electron chi connectivity index (χ3n) is 4.94. The Morgan fingerprint density at radius 1 is 0.960 bits per heavy atom. The molecule has 4 rings (SSSR count). The zero-order valence-corrected chi connectivity index (χ0v) is 14.9. The first kappa shape index (κ1) is 16.1. The highest BCUT2D eigenvalue weighted by Gasteiger charge is 2.25. The van der Waals surface area contributed by atoms with Crippen LogP contribution in [0.4, 0.5) is 0 Å². The largest absolute Gasteiger partial charge is 0.338 e. The second kappa shape index (κ2) is 7.24. The van der Waals surface area contributed by atoms with Crippen LogP contribution in [0.2, 0.25) is 0 Å². The minimum atomic E-state index is 0.110. The lowest BCUT2D eigenvalue weighted by molar-refractivity contribution is -0.132. The van der Waals surface area contributed by atoms with Crippen molar-refractivity contribution in [2.45, 2.75) is 25.3 Å². The summed E-state index contributed by atoms with van der Waals surface area (Å²) in [7, 11) is 0. The van der Waals surface area contributed by atoms with Gasteiger partial charge in [0.25, 0.3) is 0 Å². The van der Waals surface area contributed by atoms with Crippen molar-refractivity contribution in [1.82, 2.24) is 4.90 Å². The Morgan fingerprint density at radius 2 is 1.60 bits per heavy atom. The lowest BCUT2D eigenvalue weighted by atomic mass is 9.88. The zero-order valence-electron chi connectivity index (χ0n) is 14.1. The molecule has 2 aromatic carbocycles. The Bertz CT molecular complexity index is 801. The molecule has 1 aliphatic rings. The predicted molar refractivity (Wildman–Crippen MR) is 103 cm³/mol. The van der Waals surface area contributed by atoms with Crippen molar-refractivity contribution in [3.63, 3.8) is 0 Å². The number of hydrogen-bond acceptors (Lipinski definition) is 2. The van der Waals surface area contributed by atoms with Crippen LogP contribution in [0, 0.1) is 0 Å². The molecule has 1 aliphatic heterocycles. The molecule has 126 valence electrons. The van der Waals surface area contributed by atoms with Crippen molar-refractivity contribution in [1.29, 1.82) is 0 Å². The number of fused-ring (bicyclic) bond motifs is 1. The van der Waals surface area contributed by atoms with Gasteiger partial charge in [-0.05, 0) is 34.6 Å². The Morgan fingerprint density at radius 3 is 2.24 bits per heavy atom. The average Bonchev–Trinajstić information content (AvgIpc) is 3.15. The summed E-state index contributed by atoms with van der Waals surface area (Å²) >= 11 is 1.81. The van der Waals surface area contributed by atoms with E-state index in [1.807, 2.05) is 52.6 Å². The van der Waals surface area contributed by atoms with Gasteiger partial charge in [0.2, 0.25) is 5.91 Å². The molecular weight excluding hydrogens is 326 g/mol. The topological polar surface area (TPSA) is 20.3 Å². The predicted octanol–water partition coefficient (Wildman–Crippen LogP) is 4.86. The van der Waals surface area contributed by atoms with Crippen molar-refractivity contribution < 1.29 is 4.79 Å². The van der Waals surface area contributed by atoms with Crippen LogP contribution in [0.5, 0.6) is 0 Å². The van der Waals surface area contributed by atoms with Crippen LogP contribution in [-0.4, -0.2) is 17.4 Å². The highest BCUT2D eigenvalue weighted by atomic mass is 32.1. The summed E-state index contributed by atoms with van der Waals surface area (Å²) in [6.07, 6.45) is 1.51. The standard InChI is InChI=1S/C22H21NOS/c24-22(23-13-11-21-19(16-23)12-14-25-21)15-20(17-7-3-1-4-8-17)18-9-5-2-6-10-18/h1-10,12,14,20H,11,13,15-16H2. The molecule has 3 aromatic rings. The van der Waals surface area contributed by atoms with Gasteiger partial charge in [0.15, 0.2) is 0 Å². The number of thiophene rings is 1. The van der Waals surface area contributed by atoms with Gasteiger partial charge in [0.05, 0.1) is 0 Å². The van der Waals surface area contributed by atoms with E-state index in [4.69, 9.17) is 0 Å². The number of benzene rings is 2. The number of carbonyl (C=O) groups excluding carboxylic acids is 1. The fraction of sp³-hybridized carbons (Fsp3) is 0.227. The van der Waals surface area contributed by atoms with Crippen LogP contribution < -0.4 is 0 Å². The first-order chi connectivity index (χ1) is 12.3. The Labute approximate surface area is 152 Å². The number of amides is 1. The summed E-state index contributed by atoms with van der Waals surface area (Å²) in [5.41, 5.74) is 3.73. The van der Waals surface area contributed by atoms with Crippen LogP contribution in [0.1, 0.15) is 33.9 Å². The molecule has 1 amide bonds. The minimum absolute atomic E-state index is 0.110. The highest BCUT2D eigenvalue weighted by Crippen LogP contribution is 2.30. The van der Waals surface area contributed by atoms with Crippen LogP contribution >= 0.6 is 11.3 Å². The summed E-state index contributed by atoms with van der Waals surface area (Å²) in [6.45, 7) is 1.59. The molecule has 1 aromatic heterocycles. The molecule has 0 saturated heterocycles. The molecule has 0 radical (unpaired) electrons. The normalized spacial score (nSPS) is 13.7. The van der Waals surface area contributed by atoms with Crippen molar-refractivity contribution in [2.24, 2.45) is 0 Å². The Hall–Kier alpha value is -2.39. The molecular formula is C22H21NOS. The molecule has 0 saturated carbocycles. The number of rotatable bonds is 4. The quantitative estimate of drug-likeness (QED) is 0.660. The summed E-state index contributed by atoms with van der Waals surface area (Å²) in [6, 6.07) is 22.9. The highest BCUT2D eigenvalue weighted by molar-refractivity contribution is 7.10. The van der Waals surface area contributed by atoms with Gasteiger partial charge in [-0.25, -0.2) is 0 Å². The Kier molecular flexibility index (Phi) is 4.66. The maximum absolute atomic E-state index is 13.0. The van der Waals surface area contributed by atoms with E-state index in [1.165, 1.54) is 21.6 Å². The maximum atomic E-state index is 13.0. The third kappa shape index (κ3) is 3.52. The van der Waals surface area contributed by atoms with E-state index < -0.39 is 0 Å². The van der Waals surface area contributed by atoms with E-state index in [2.05, 4.69) is 35.7 Å². The minimum Gasteiger partial charge on any atom is -0.338 e. The molecule has 2 heterocycles. The summed E-state index contributed by atoms with van der Waals surface area (Å²) in [5.74, 6) is 0.355. The van der Waals surface area contributed by atoms with E-state index in [0.29, 0.717) is 6.42 Å². The summed E-state index contributed by atoms with van der Waals surface area (Å²) in [4.78, 5) is 16.5. The van der Waals surface area contributed by atoms with Crippen molar-refractivity contribution in [3.05, 3.63) is 93.7 Å². The Balaban J connectivity index is 1.56. The SMILES string of the molecule is O=C(CC(c1ccccc1)c1ccccc1)N1CCc2sccc2C1. The number of hydrogen-bond donors (Lipinski definition) is 0. The third-order valence-corrected chi connectivity index (χ3v) is 5.97. The van der Waals surface area contributed by atoms with Gasteiger partial charge < -0.3 is 4.90 Å². The second-order valence-electron chi connectivity index (χ2n) is 6.51. The fourth-order valence-electron chi connectivity index (χ4n) is 3.56. The van der Waals surface area contributed by atoms with Gasteiger partial charge in [-0.3, -0.25) is 4.79 Å². The number of nitrogens with zero attached hydrogens (tertiary/aromatic N) is 1. The zero-order chi connectivity index (χ0) is 17.1. The second-order valence-corrected chi connectivity index (χ2v) is 7.51. The van der Waals surface area contributed by atoms with Gasteiger partial charge in [0, 0.05) is 30.3 Å². The van der Waals surface area contributed by atoms with Crippen molar-refractivity contribution in [3.8, 4) is 0 Å². The molecule has 0 N–H and O–H groups in total. The van der Waals surface area contributed by atoms with E-state index in [-0.39, 0.29) is 11.8 Å². The first-order valence-corrected chi connectivity index (χ1v) is 9.62. The molecule has 0 bridgehead atoms. The lowest BCUT2D eigenvalue weighted by Crippen LogP contribution is -2.36. The first-order valence-electron chi connectivity index (χ1n) is 8.74. The van der Waals surface area contributed by atoms with Gasteiger partial charge >= 0.3 is 0 Å². The van der Waals surface area contributed by atoms with Crippen molar-refractivity contribution in [2.75, 3.05) is 6.54 Å². The van der Waals surface area contributed by atoms with Crippen LogP contribution in [-0.2, 0) is 17.8 Å². The van der Waals surface area contributed by atoms with Gasteiger partial charge in [-0.2, -0.15) is 0 Å². The van der Waals surface area contributed by atoms with Crippen LogP contribution in [0.25, 0.3) is 0 Å².